The van der Waals surface area contributed by atoms with Crippen LogP contribution in [-0.4, -0.2) is 24.6 Å². The Morgan fingerprint density at radius 1 is 1.17 bits per heavy atom. The molecule has 1 aromatic heterocycles. The highest BCUT2D eigenvalue weighted by atomic mass is 32.2. The molecule has 2 unspecified atom stereocenters. The first kappa shape index (κ1) is 20.5. The molecule has 7 heteroatoms. The molecule has 1 heterocycles. The number of benzene rings is 1. The summed E-state index contributed by atoms with van der Waals surface area (Å²) in [6.45, 7) is 3.37. The van der Waals surface area contributed by atoms with Crippen molar-refractivity contribution in [1.82, 2.24) is 4.98 Å². The molecule has 0 bridgehead atoms. The monoisotopic (exact) mass is 432 g/mol. The van der Waals surface area contributed by atoms with E-state index in [1.54, 1.807) is 32.2 Å². The molecule has 2 aromatic rings. The van der Waals surface area contributed by atoms with Gasteiger partial charge in [0.1, 0.15) is 0 Å². The summed E-state index contributed by atoms with van der Waals surface area (Å²) in [6, 6.07) is 7.03. The van der Waals surface area contributed by atoms with Gasteiger partial charge in [-0.1, -0.05) is 44.2 Å². The number of nitrogens with zero attached hydrogens (tertiary/aromatic N) is 1. The van der Waals surface area contributed by atoms with Crippen LogP contribution in [0, 0.1) is 11.8 Å². The molecule has 2 atom stereocenters. The van der Waals surface area contributed by atoms with Gasteiger partial charge in [0.2, 0.25) is 5.91 Å². The van der Waals surface area contributed by atoms with Crippen LogP contribution in [0.15, 0.2) is 40.7 Å². The lowest BCUT2D eigenvalue weighted by Crippen LogP contribution is -2.32. The Hall–Kier alpha value is -1.73. The quantitative estimate of drug-likeness (QED) is 0.711. The van der Waals surface area contributed by atoms with Crippen molar-refractivity contribution in [1.29, 1.82) is 0 Å². The Labute approximate surface area is 176 Å². The molecule has 2 aliphatic carbocycles. The highest BCUT2D eigenvalue weighted by molar-refractivity contribution is 7.92. The van der Waals surface area contributed by atoms with E-state index in [1.807, 2.05) is 17.5 Å². The van der Waals surface area contributed by atoms with Crippen molar-refractivity contribution in [2.75, 3.05) is 5.32 Å². The number of carbonyl (C=O) groups is 1. The van der Waals surface area contributed by atoms with Crippen LogP contribution in [0.25, 0.3) is 0 Å². The SMILES string of the molecule is CC(C)S(=O)(=O)c1ccc(C2(C(=O)Nc3nccs3)CC2C2CCCCC2)cc1. The van der Waals surface area contributed by atoms with E-state index in [0.29, 0.717) is 21.9 Å². The summed E-state index contributed by atoms with van der Waals surface area (Å²) >= 11 is 1.41. The first-order chi connectivity index (χ1) is 13.9. The maximum atomic E-state index is 13.4. The minimum Gasteiger partial charge on any atom is -0.301 e. The van der Waals surface area contributed by atoms with Crippen LogP contribution < -0.4 is 5.32 Å². The first-order valence-electron chi connectivity index (χ1n) is 10.4. The van der Waals surface area contributed by atoms with Gasteiger partial charge in [0, 0.05) is 11.6 Å². The van der Waals surface area contributed by atoms with Crippen LogP contribution in [0.2, 0.25) is 0 Å². The summed E-state index contributed by atoms with van der Waals surface area (Å²) in [5.41, 5.74) is 0.346. The fourth-order valence-corrected chi connectivity index (χ4v) is 6.41. The minimum absolute atomic E-state index is 0.0116. The molecule has 29 heavy (non-hydrogen) atoms. The third-order valence-corrected chi connectivity index (χ3v) is 9.47. The predicted octanol–water partition coefficient (Wildman–Crippen LogP) is 4.80. The first-order valence-corrected chi connectivity index (χ1v) is 12.8. The highest BCUT2D eigenvalue weighted by Gasteiger charge is 2.63. The number of hydrogen-bond donors (Lipinski definition) is 1. The van der Waals surface area contributed by atoms with Gasteiger partial charge >= 0.3 is 0 Å². The Bertz CT molecular complexity index is 962. The Morgan fingerprint density at radius 2 is 1.86 bits per heavy atom. The van der Waals surface area contributed by atoms with Crippen LogP contribution in [0.1, 0.15) is 57.9 Å². The molecule has 0 aliphatic heterocycles. The van der Waals surface area contributed by atoms with Crippen molar-refractivity contribution in [3.05, 3.63) is 41.4 Å². The van der Waals surface area contributed by atoms with Gasteiger partial charge in [-0.3, -0.25) is 4.79 Å². The molecule has 0 radical (unpaired) electrons. The van der Waals surface area contributed by atoms with E-state index in [2.05, 4.69) is 10.3 Å². The van der Waals surface area contributed by atoms with Crippen molar-refractivity contribution in [2.24, 2.45) is 11.8 Å². The number of aromatic nitrogens is 1. The lowest BCUT2D eigenvalue weighted by atomic mass is 9.80. The maximum Gasteiger partial charge on any atom is 0.237 e. The summed E-state index contributed by atoms with van der Waals surface area (Å²) in [4.78, 5) is 17.9. The molecule has 0 spiro atoms. The van der Waals surface area contributed by atoms with E-state index in [1.165, 1.54) is 43.4 Å². The van der Waals surface area contributed by atoms with E-state index < -0.39 is 20.5 Å². The normalized spacial score (nSPS) is 25.1. The Morgan fingerprint density at radius 3 is 2.45 bits per heavy atom. The standard InChI is InChI=1S/C22H28N2O3S2/c1-15(2)29(26,27)18-10-8-17(9-11-18)22(20(25)24-21-23-12-13-28-21)14-19(22)16-6-4-3-5-7-16/h8-13,15-16,19H,3-7,14H2,1-2H3,(H,23,24,25). The van der Waals surface area contributed by atoms with Gasteiger partial charge in [-0.05, 0) is 49.8 Å². The highest BCUT2D eigenvalue weighted by Crippen LogP contribution is 2.61. The summed E-state index contributed by atoms with van der Waals surface area (Å²) < 4.78 is 25.0. The molecule has 1 amide bonds. The van der Waals surface area contributed by atoms with Crippen molar-refractivity contribution in [3.8, 4) is 0 Å². The summed E-state index contributed by atoms with van der Waals surface area (Å²) in [5, 5.41) is 5.00. The minimum atomic E-state index is -3.32. The average Bonchev–Trinajstić information content (AvgIpc) is 3.29. The zero-order valence-corrected chi connectivity index (χ0v) is 18.6. The smallest absolute Gasteiger partial charge is 0.237 e. The van der Waals surface area contributed by atoms with Gasteiger partial charge in [0.15, 0.2) is 15.0 Å². The lowest BCUT2D eigenvalue weighted by Gasteiger charge is -2.25. The van der Waals surface area contributed by atoms with Gasteiger partial charge in [-0.2, -0.15) is 0 Å². The van der Waals surface area contributed by atoms with Crippen molar-refractivity contribution in [3.63, 3.8) is 0 Å². The average molecular weight is 433 g/mol. The number of thiazole rings is 1. The fourth-order valence-electron chi connectivity index (χ4n) is 4.83. The van der Waals surface area contributed by atoms with E-state index in [9.17, 15) is 13.2 Å². The summed E-state index contributed by atoms with van der Waals surface area (Å²) in [7, 11) is -3.32. The molecular formula is C22H28N2O3S2. The number of hydrogen-bond acceptors (Lipinski definition) is 5. The molecule has 0 saturated heterocycles. The van der Waals surface area contributed by atoms with Gasteiger partial charge in [0.25, 0.3) is 0 Å². The van der Waals surface area contributed by atoms with E-state index >= 15 is 0 Å². The zero-order chi connectivity index (χ0) is 20.6. The van der Waals surface area contributed by atoms with E-state index in [0.717, 1.165) is 12.0 Å². The molecular weight excluding hydrogens is 404 g/mol. The topological polar surface area (TPSA) is 76.1 Å². The molecule has 1 aromatic carbocycles. The van der Waals surface area contributed by atoms with Crippen molar-refractivity contribution in [2.45, 2.75) is 67.9 Å². The van der Waals surface area contributed by atoms with Gasteiger partial charge in [-0.15, -0.1) is 11.3 Å². The second kappa shape index (κ2) is 7.84. The number of rotatable bonds is 6. The van der Waals surface area contributed by atoms with E-state index in [4.69, 9.17) is 0 Å². The second-order valence-corrected chi connectivity index (χ2v) is 12.0. The number of amides is 1. The van der Waals surface area contributed by atoms with Crippen molar-refractivity contribution < 1.29 is 13.2 Å². The lowest BCUT2D eigenvalue weighted by molar-refractivity contribution is -0.119. The largest absolute Gasteiger partial charge is 0.301 e. The number of sulfone groups is 1. The molecule has 1 N–H and O–H groups in total. The third kappa shape index (κ3) is 3.75. The molecule has 156 valence electrons. The van der Waals surface area contributed by atoms with Crippen LogP contribution in [0.3, 0.4) is 0 Å². The Balaban J connectivity index is 1.65. The van der Waals surface area contributed by atoms with E-state index in [-0.39, 0.29) is 5.91 Å². The fraction of sp³-hybridized carbons (Fsp3) is 0.545. The number of anilines is 1. The maximum absolute atomic E-state index is 13.4. The van der Waals surface area contributed by atoms with Crippen LogP contribution in [0.4, 0.5) is 5.13 Å². The predicted molar refractivity (Wildman–Crippen MR) is 116 cm³/mol. The van der Waals surface area contributed by atoms with Crippen LogP contribution in [-0.2, 0) is 20.0 Å². The molecule has 5 nitrogen and oxygen atoms in total. The summed E-state index contributed by atoms with van der Waals surface area (Å²) in [6.07, 6.45) is 8.61. The molecule has 4 rings (SSSR count). The summed E-state index contributed by atoms with van der Waals surface area (Å²) in [5.74, 6) is 0.864. The van der Waals surface area contributed by atoms with Gasteiger partial charge < -0.3 is 5.32 Å². The second-order valence-electron chi connectivity index (χ2n) is 8.59. The van der Waals surface area contributed by atoms with Crippen LogP contribution >= 0.6 is 11.3 Å². The van der Waals surface area contributed by atoms with Crippen molar-refractivity contribution >= 4 is 32.2 Å². The number of nitrogens with one attached hydrogen (secondary N) is 1. The van der Waals surface area contributed by atoms with Crippen LogP contribution in [0.5, 0.6) is 0 Å². The molecule has 2 fully saturated rings. The van der Waals surface area contributed by atoms with Gasteiger partial charge in [0.05, 0.1) is 15.6 Å². The third-order valence-electron chi connectivity index (χ3n) is 6.61. The van der Waals surface area contributed by atoms with Gasteiger partial charge in [-0.25, -0.2) is 13.4 Å². The zero-order valence-electron chi connectivity index (χ0n) is 16.9. The Kier molecular flexibility index (Phi) is 5.55. The molecule has 2 saturated carbocycles. The molecule has 2 aliphatic rings. The number of carbonyl (C=O) groups excluding carboxylic acids is 1.